The van der Waals surface area contributed by atoms with Gasteiger partial charge in [0.1, 0.15) is 17.9 Å². The number of aliphatic hydroxyl groups is 1. The van der Waals surface area contributed by atoms with E-state index in [4.69, 9.17) is 21.3 Å². The zero-order valence-electron chi connectivity index (χ0n) is 18.1. The number of aliphatic hydroxyl groups excluding tert-OH is 1. The number of aromatic nitrogens is 3. The maximum Gasteiger partial charge on any atom is 0.319 e. The molecule has 2 aromatic rings. The van der Waals surface area contributed by atoms with Gasteiger partial charge < -0.3 is 14.7 Å². The van der Waals surface area contributed by atoms with Crippen LogP contribution in [0.25, 0.3) is 10.9 Å². The van der Waals surface area contributed by atoms with Crippen LogP contribution < -0.4 is 9.64 Å². The predicted octanol–water partition coefficient (Wildman–Crippen LogP) is 3.42. The second-order valence-electron chi connectivity index (χ2n) is 9.85. The van der Waals surface area contributed by atoms with E-state index in [1.165, 1.54) is 0 Å². The predicted molar refractivity (Wildman–Crippen MR) is 117 cm³/mol. The lowest BCUT2D eigenvalue weighted by atomic mass is 9.62. The Morgan fingerprint density at radius 3 is 2.74 bits per heavy atom. The van der Waals surface area contributed by atoms with Crippen LogP contribution >= 0.6 is 11.6 Å². The molecular formula is C22H29ClFN5O2. The van der Waals surface area contributed by atoms with Crippen LogP contribution in [0.3, 0.4) is 0 Å². The van der Waals surface area contributed by atoms with Crippen molar-refractivity contribution in [3.63, 3.8) is 0 Å². The molecule has 3 aliphatic rings. The summed E-state index contributed by atoms with van der Waals surface area (Å²) in [6.45, 7) is 5.22. The van der Waals surface area contributed by atoms with Gasteiger partial charge in [-0.2, -0.15) is 9.97 Å². The van der Waals surface area contributed by atoms with Gasteiger partial charge in [0.25, 0.3) is 0 Å². The van der Waals surface area contributed by atoms with E-state index in [0.717, 1.165) is 58.2 Å². The normalized spacial score (nSPS) is 31.4. The highest BCUT2D eigenvalue weighted by Crippen LogP contribution is 2.48. The summed E-state index contributed by atoms with van der Waals surface area (Å²) in [5, 5.41) is 10.2. The molecule has 1 N–H and O–H groups in total. The van der Waals surface area contributed by atoms with Crippen LogP contribution in [-0.2, 0) is 0 Å². The van der Waals surface area contributed by atoms with Crippen LogP contribution in [0.5, 0.6) is 6.01 Å². The van der Waals surface area contributed by atoms with Crippen molar-refractivity contribution in [1.82, 2.24) is 19.9 Å². The fraction of sp³-hybridized carbons (Fsp3) is 0.682. The zero-order chi connectivity index (χ0) is 21.8. The highest BCUT2D eigenvalue weighted by atomic mass is 35.5. The molecule has 4 heterocycles. The van der Waals surface area contributed by atoms with Gasteiger partial charge in [0.2, 0.25) is 0 Å². The molecule has 5 rings (SSSR count). The number of nitrogens with zero attached hydrogens (tertiary/aromatic N) is 5. The second kappa shape index (κ2) is 7.67. The number of likely N-dealkylation sites (tertiary alicyclic amines) is 1. The van der Waals surface area contributed by atoms with Gasteiger partial charge in [-0.25, -0.2) is 9.37 Å². The fourth-order valence-corrected chi connectivity index (χ4v) is 5.67. The number of likely N-dealkylation sites (N-methyl/N-ethyl adjacent to an activating group) is 1. The van der Waals surface area contributed by atoms with Gasteiger partial charge >= 0.3 is 6.01 Å². The van der Waals surface area contributed by atoms with Crippen LogP contribution in [0.1, 0.15) is 45.4 Å². The number of fused-ring (bicyclic) bond motifs is 1. The van der Waals surface area contributed by atoms with Gasteiger partial charge in [-0.15, -0.1) is 0 Å². The summed E-state index contributed by atoms with van der Waals surface area (Å²) < 4.78 is 20.9. The number of pyridine rings is 1. The molecule has 2 aliphatic heterocycles. The molecule has 7 nitrogen and oxygen atoms in total. The van der Waals surface area contributed by atoms with Crippen LogP contribution in [0.4, 0.5) is 10.2 Å². The molecule has 0 unspecified atom stereocenters. The van der Waals surface area contributed by atoms with E-state index in [-0.39, 0.29) is 33.7 Å². The smallest absolute Gasteiger partial charge is 0.319 e. The van der Waals surface area contributed by atoms with E-state index in [2.05, 4.69) is 33.7 Å². The van der Waals surface area contributed by atoms with Crippen molar-refractivity contribution in [2.24, 2.45) is 5.41 Å². The first kappa shape index (κ1) is 21.1. The number of halogens is 2. The third-order valence-electron chi connectivity index (χ3n) is 7.54. The van der Waals surface area contributed by atoms with E-state index >= 15 is 0 Å². The van der Waals surface area contributed by atoms with Crippen molar-refractivity contribution in [1.29, 1.82) is 0 Å². The second-order valence-corrected chi connectivity index (χ2v) is 10.2. The Bertz CT molecular complexity index is 996. The van der Waals surface area contributed by atoms with Gasteiger partial charge in [-0.3, -0.25) is 4.90 Å². The van der Waals surface area contributed by atoms with Crippen LogP contribution in [0.2, 0.25) is 5.15 Å². The van der Waals surface area contributed by atoms with Crippen molar-refractivity contribution in [3.05, 3.63) is 17.2 Å². The summed E-state index contributed by atoms with van der Waals surface area (Å²) >= 11 is 5.96. The summed E-state index contributed by atoms with van der Waals surface area (Å²) in [6, 6.07) is 0.165. The molecule has 0 aromatic carbocycles. The Hall–Kier alpha value is -1.77. The standard InChI is InChI=1S/C22H29ClFN5O2/c1-21(5-3-7-28(21)2)13-31-20-26-17-15(11-25-18(23)16(17)24)19(27-20)29-8-4-6-22(12-29)9-14(30)10-22/h11,14,30H,3-10,12-13H2,1-2H3/t14?,21-,22?/m0/s1. The number of hydrogen-bond donors (Lipinski definition) is 1. The Kier molecular flexibility index (Phi) is 5.22. The summed E-state index contributed by atoms with van der Waals surface area (Å²) in [7, 11) is 2.09. The molecule has 168 valence electrons. The highest BCUT2D eigenvalue weighted by Gasteiger charge is 2.46. The van der Waals surface area contributed by atoms with Gasteiger partial charge in [0.05, 0.1) is 17.0 Å². The fourth-order valence-electron chi connectivity index (χ4n) is 5.53. The first-order valence-corrected chi connectivity index (χ1v) is 11.5. The molecule has 1 saturated carbocycles. The average Bonchev–Trinajstić information content (AvgIpc) is 3.07. The lowest BCUT2D eigenvalue weighted by molar-refractivity contribution is -0.0396. The van der Waals surface area contributed by atoms with E-state index in [9.17, 15) is 9.50 Å². The topological polar surface area (TPSA) is 74.6 Å². The lowest BCUT2D eigenvalue weighted by Crippen LogP contribution is -2.52. The maximum absolute atomic E-state index is 14.9. The summed E-state index contributed by atoms with van der Waals surface area (Å²) in [5.74, 6) is -0.0175. The minimum atomic E-state index is -0.650. The van der Waals surface area contributed by atoms with Crippen LogP contribution in [-0.4, -0.2) is 69.9 Å². The molecule has 0 radical (unpaired) electrons. The molecule has 2 aromatic heterocycles. The molecule has 3 fully saturated rings. The van der Waals surface area contributed by atoms with Crippen molar-refractivity contribution >= 4 is 28.3 Å². The summed E-state index contributed by atoms with van der Waals surface area (Å²) in [6.07, 6.45) is 7.18. The average molecular weight is 450 g/mol. The third kappa shape index (κ3) is 3.72. The van der Waals surface area contributed by atoms with E-state index in [0.29, 0.717) is 17.8 Å². The van der Waals surface area contributed by atoms with Gasteiger partial charge in [-0.05, 0) is 64.5 Å². The minimum absolute atomic E-state index is 0.0931. The molecular weight excluding hydrogens is 421 g/mol. The molecule has 2 saturated heterocycles. The van der Waals surface area contributed by atoms with E-state index < -0.39 is 5.82 Å². The maximum atomic E-state index is 14.9. The Morgan fingerprint density at radius 2 is 2.03 bits per heavy atom. The molecule has 0 bridgehead atoms. The zero-order valence-corrected chi connectivity index (χ0v) is 18.8. The Morgan fingerprint density at radius 1 is 1.26 bits per heavy atom. The quantitative estimate of drug-likeness (QED) is 0.717. The third-order valence-corrected chi connectivity index (χ3v) is 7.81. The summed E-state index contributed by atoms with van der Waals surface area (Å²) in [4.78, 5) is 17.5. The first-order chi connectivity index (χ1) is 14.8. The van der Waals surface area contributed by atoms with Crippen molar-refractivity contribution in [2.75, 3.05) is 38.2 Å². The largest absolute Gasteiger partial charge is 0.461 e. The number of piperidine rings is 1. The number of rotatable bonds is 4. The molecule has 31 heavy (non-hydrogen) atoms. The Balaban J connectivity index is 1.50. The first-order valence-electron chi connectivity index (χ1n) is 11.1. The number of ether oxygens (including phenoxy) is 1. The monoisotopic (exact) mass is 449 g/mol. The van der Waals surface area contributed by atoms with E-state index in [1.807, 2.05) is 0 Å². The van der Waals surface area contributed by atoms with Gasteiger partial charge in [0.15, 0.2) is 11.0 Å². The van der Waals surface area contributed by atoms with Crippen molar-refractivity contribution < 1.29 is 14.2 Å². The van der Waals surface area contributed by atoms with Crippen LogP contribution in [0, 0.1) is 11.2 Å². The molecule has 9 heteroatoms. The van der Waals surface area contributed by atoms with Crippen molar-refractivity contribution in [2.45, 2.75) is 57.1 Å². The molecule has 1 aliphatic carbocycles. The van der Waals surface area contributed by atoms with Gasteiger partial charge in [-0.1, -0.05) is 11.6 Å². The number of anilines is 1. The van der Waals surface area contributed by atoms with E-state index in [1.54, 1.807) is 6.20 Å². The number of hydrogen-bond acceptors (Lipinski definition) is 7. The highest BCUT2D eigenvalue weighted by molar-refractivity contribution is 6.30. The molecule has 1 atom stereocenters. The SMILES string of the molecule is CN1CCC[C@@]1(C)COc1nc(N2CCCC3(CC(O)C3)C2)c2cnc(Cl)c(F)c2n1. The molecule has 0 amide bonds. The molecule has 1 spiro atoms. The Labute approximate surface area is 186 Å². The van der Waals surface area contributed by atoms with Crippen molar-refractivity contribution in [3.8, 4) is 6.01 Å². The van der Waals surface area contributed by atoms with Crippen LogP contribution in [0.15, 0.2) is 6.20 Å². The minimum Gasteiger partial charge on any atom is -0.461 e. The lowest BCUT2D eigenvalue weighted by Gasteiger charge is -2.51. The summed E-state index contributed by atoms with van der Waals surface area (Å²) in [5.41, 5.74) is 0.150. The van der Waals surface area contributed by atoms with Gasteiger partial charge in [0, 0.05) is 19.3 Å².